The first-order valence-electron chi connectivity index (χ1n) is 11.3. The highest BCUT2D eigenvalue weighted by molar-refractivity contribution is 5.97. The minimum absolute atomic E-state index is 0.00951. The van der Waals surface area contributed by atoms with Crippen molar-refractivity contribution < 1.29 is 38.1 Å². The zero-order valence-electron chi connectivity index (χ0n) is 20.0. The molecule has 0 spiro atoms. The van der Waals surface area contributed by atoms with E-state index < -0.39 is 36.2 Å². The molecule has 2 aromatic rings. The van der Waals surface area contributed by atoms with Gasteiger partial charge >= 0.3 is 24.1 Å². The monoisotopic (exact) mass is 497 g/mol. The van der Waals surface area contributed by atoms with E-state index in [4.69, 9.17) is 18.9 Å². The molecule has 0 saturated heterocycles. The van der Waals surface area contributed by atoms with E-state index in [-0.39, 0.29) is 26.4 Å². The van der Waals surface area contributed by atoms with E-state index in [1.165, 1.54) is 0 Å². The molecule has 1 aliphatic heterocycles. The summed E-state index contributed by atoms with van der Waals surface area (Å²) in [6, 6.07) is 17.7. The van der Waals surface area contributed by atoms with Gasteiger partial charge in [0.1, 0.15) is 26.0 Å². The Morgan fingerprint density at radius 2 is 1.28 bits per heavy atom. The standard InChI is InChI=1S/C25H27N3O8/c1-3-33-23(31)27-18-26-25(28(27)24(32)34-4-2,22(30)36-17-20-13-9-6-10-14-20)15-21(29)35-16-19-11-7-5-8-12-19/h5-14,18H,3-4,15-17H2,1-2H3. The van der Waals surface area contributed by atoms with Crippen LogP contribution in [-0.2, 0) is 41.8 Å². The number of rotatable bonds is 9. The average Bonchev–Trinajstić information content (AvgIpc) is 3.28. The summed E-state index contributed by atoms with van der Waals surface area (Å²) < 4.78 is 20.8. The molecule has 0 saturated carbocycles. The van der Waals surface area contributed by atoms with Crippen molar-refractivity contribution in [2.45, 2.75) is 39.1 Å². The summed E-state index contributed by atoms with van der Waals surface area (Å²) in [5.74, 6) is -1.91. The number of carbonyl (C=O) groups excluding carboxylic acids is 4. The molecule has 0 radical (unpaired) electrons. The number of aliphatic imine (C=N–C) groups is 1. The van der Waals surface area contributed by atoms with Crippen LogP contribution in [0, 0.1) is 0 Å². The van der Waals surface area contributed by atoms with Gasteiger partial charge in [0.15, 0.2) is 0 Å². The molecule has 11 heteroatoms. The molecule has 1 aliphatic rings. The Labute approximate surface area is 208 Å². The SMILES string of the molecule is CCOC(=O)N1C=NC(CC(=O)OCc2ccccc2)(C(=O)OCc2ccccc2)N1C(=O)OCC. The highest BCUT2D eigenvalue weighted by atomic mass is 16.6. The fourth-order valence-corrected chi connectivity index (χ4v) is 3.34. The molecule has 11 nitrogen and oxygen atoms in total. The fourth-order valence-electron chi connectivity index (χ4n) is 3.34. The molecule has 1 unspecified atom stereocenters. The first-order valence-corrected chi connectivity index (χ1v) is 11.3. The van der Waals surface area contributed by atoms with Crippen LogP contribution >= 0.6 is 0 Å². The Hall–Kier alpha value is -4.41. The van der Waals surface area contributed by atoms with Gasteiger partial charge in [0.25, 0.3) is 5.66 Å². The highest BCUT2D eigenvalue weighted by Crippen LogP contribution is 2.32. The van der Waals surface area contributed by atoms with Gasteiger partial charge in [-0.05, 0) is 25.0 Å². The molecule has 0 aromatic heterocycles. The first-order chi connectivity index (χ1) is 17.4. The number of nitrogens with zero attached hydrogens (tertiary/aromatic N) is 3. The van der Waals surface area contributed by atoms with Crippen LogP contribution in [0.15, 0.2) is 65.7 Å². The average molecular weight is 498 g/mol. The molecule has 36 heavy (non-hydrogen) atoms. The number of hydrazine groups is 1. The largest absolute Gasteiger partial charge is 0.461 e. The maximum Gasteiger partial charge on any atom is 0.434 e. The third-order valence-corrected chi connectivity index (χ3v) is 5.02. The first kappa shape index (κ1) is 26.2. The normalized spacial score (nSPS) is 16.4. The molecule has 1 atom stereocenters. The third-order valence-electron chi connectivity index (χ3n) is 5.02. The molecule has 3 rings (SSSR count). The van der Waals surface area contributed by atoms with Crippen molar-refractivity contribution in [3.05, 3.63) is 71.8 Å². The summed E-state index contributed by atoms with van der Waals surface area (Å²) in [4.78, 5) is 55.9. The quantitative estimate of drug-likeness (QED) is 0.381. The van der Waals surface area contributed by atoms with Crippen molar-refractivity contribution in [3.8, 4) is 0 Å². The van der Waals surface area contributed by atoms with Crippen LogP contribution in [0.25, 0.3) is 0 Å². The summed E-state index contributed by atoms with van der Waals surface area (Å²) in [6.45, 7) is 2.81. The smallest absolute Gasteiger partial charge is 0.434 e. The molecule has 0 fully saturated rings. The van der Waals surface area contributed by atoms with Crippen molar-refractivity contribution in [1.82, 2.24) is 10.0 Å². The number of esters is 2. The van der Waals surface area contributed by atoms with Crippen molar-refractivity contribution in [3.63, 3.8) is 0 Å². The predicted molar refractivity (Wildman–Crippen MR) is 126 cm³/mol. The molecule has 2 aromatic carbocycles. The lowest BCUT2D eigenvalue weighted by molar-refractivity contribution is -0.169. The van der Waals surface area contributed by atoms with Crippen LogP contribution in [0.4, 0.5) is 9.59 Å². The number of hydrogen-bond donors (Lipinski definition) is 0. The lowest BCUT2D eigenvalue weighted by Gasteiger charge is -2.35. The lowest BCUT2D eigenvalue weighted by Crippen LogP contribution is -2.61. The molecular formula is C25H27N3O8. The van der Waals surface area contributed by atoms with Gasteiger partial charge in [-0.3, -0.25) is 4.79 Å². The number of ether oxygens (including phenoxy) is 4. The van der Waals surface area contributed by atoms with Gasteiger partial charge in [-0.15, -0.1) is 0 Å². The molecule has 190 valence electrons. The Balaban J connectivity index is 1.89. The van der Waals surface area contributed by atoms with Gasteiger partial charge in [-0.1, -0.05) is 60.7 Å². The summed E-state index contributed by atoms with van der Waals surface area (Å²) in [5, 5.41) is 1.29. The van der Waals surface area contributed by atoms with Gasteiger partial charge in [-0.25, -0.2) is 19.4 Å². The Morgan fingerprint density at radius 3 is 1.83 bits per heavy atom. The van der Waals surface area contributed by atoms with Gasteiger partial charge < -0.3 is 18.9 Å². The van der Waals surface area contributed by atoms with E-state index >= 15 is 0 Å². The maximum atomic E-state index is 13.4. The van der Waals surface area contributed by atoms with Crippen LogP contribution in [0.3, 0.4) is 0 Å². The highest BCUT2D eigenvalue weighted by Gasteiger charge is 2.58. The topological polar surface area (TPSA) is 124 Å². The number of carbonyl (C=O) groups is 4. The van der Waals surface area contributed by atoms with E-state index in [1.807, 2.05) is 6.07 Å². The van der Waals surface area contributed by atoms with Crippen molar-refractivity contribution in [1.29, 1.82) is 0 Å². The van der Waals surface area contributed by atoms with E-state index in [9.17, 15) is 19.2 Å². The number of amides is 2. The second-order valence-corrected chi connectivity index (χ2v) is 7.50. The predicted octanol–water partition coefficient (Wildman–Crippen LogP) is 3.43. The third kappa shape index (κ3) is 6.17. The van der Waals surface area contributed by atoms with Crippen LogP contribution in [0.5, 0.6) is 0 Å². The molecule has 0 bridgehead atoms. The summed E-state index contributed by atoms with van der Waals surface area (Å²) >= 11 is 0. The van der Waals surface area contributed by atoms with Gasteiger partial charge in [0.05, 0.1) is 13.2 Å². The molecular weight excluding hydrogens is 470 g/mol. The van der Waals surface area contributed by atoms with E-state index in [0.29, 0.717) is 15.6 Å². The zero-order valence-corrected chi connectivity index (χ0v) is 20.0. The maximum absolute atomic E-state index is 13.4. The summed E-state index contributed by atoms with van der Waals surface area (Å²) in [7, 11) is 0. The molecule has 2 amide bonds. The fraction of sp³-hybridized carbons (Fsp3) is 0.320. The Bertz CT molecular complexity index is 1090. The Kier molecular flexibility index (Phi) is 8.98. The van der Waals surface area contributed by atoms with E-state index in [1.54, 1.807) is 68.4 Å². The summed E-state index contributed by atoms with van der Waals surface area (Å²) in [5.41, 5.74) is -0.905. The molecule has 0 N–H and O–H groups in total. The summed E-state index contributed by atoms with van der Waals surface area (Å²) in [6.07, 6.45) is -1.91. The molecule has 0 aliphatic carbocycles. The number of hydrogen-bond acceptors (Lipinski definition) is 9. The van der Waals surface area contributed by atoms with E-state index in [2.05, 4.69) is 4.99 Å². The van der Waals surface area contributed by atoms with Gasteiger partial charge in [-0.2, -0.15) is 10.0 Å². The van der Waals surface area contributed by atoms with Crippen LogP contribution in [0.1, 0.15) is 31.4 Å². The second kappa shape index (κ2) is 12.3. The van der Waals surface area contributed by atoms with Gasteiger partial charge in [0, 0.05) is 0 Å². The van der Waals surface area contributed by atoms with E-state index in [0.717, 1.165) is 11.9 Å². The Morgan fingerprint density at radius 1 is 0.750 bits per heavy atom. The lowest BCUT2D eigenvalue weighted by atomic mass is 10.1. The van der Waals surface area contributed by atoms with Crippen LogP contribution in [0.2, 0.25) is 0 Å². The van der Waals surface area contributed by atoms with Gasteiger partial charge in [0.2, 0.25) is 0 Å². The molecule has 1 heterocycles. The minimum Gasteiger partial charge on any atom is -0.461 e. The zero-order chi connectivity index (χ0) is 26.0. The van der Waals surface area contributed by atoms with Crippen molar-refractivity contribution in [2.24, 2.45) is 4.99 Å². The van der Waals surface area contributed by atoms with Crippen LogP contribution < -0.4 is 0 Å². The van der Waals surface area contributed by atoms with Crippen molar-refractivity contribution in [2.75, 3.05) is 13.2 Å². The minimum atomic E-state index is -2.29. The van der Waals surface area contributed by atoms with Crippen LogP contribution in [-0.4, -0.2) is 59.4 Å². The number of benzene rings is 2. The van der Waals surface area contributed by atoms with Crippen molar-refractivity contribution >= 4 is 30.5 Å². The second-order valence-electron chi connectivity index (χ2n) is 7.50.